The van der Waals surface area contributed by atoms with Gasteiger partial charge in [-0.1, -0.05) is 36.6 Å². The lowest BCUT2D eigenvalue weighted by molar-refractivity contribution is 0.0905. The molecule has 2 rings (SSSR count). The minimum absolute atomic E-state index is 0.0827. The van der Waals surface area contributed by atoms with E-state index in [4.69, 9.17) is 10.9 Å². The molecule has 0 radical (unpaired) electrons. The fraction of sp³-hybridized carbons (Fsp3) is 0.467. The lowest BCUT2D eigenvalue weighted by Gasteiger charge is -2.36. The van der Waals surface area contributed by atoms with Crippen molar-refractivity contribution in [3.05, 3.63) is 33.8 Å². The fourth-order valence-corrected chi connectivity index (χ4v) is 3.25. The third-order valence-electron chi connectivity index (χ3n) is 4.09. The molecular weight excluding hydrogens is 334 g/mol. The number of nitrogens with zero attached hydrogens (tertiary/aromatic N) is 1. The molecule has 0 saturated heterocycles. The van der Waals surface area contributed by atoms with Crippen molar-refractivity contribution in [3.8, 4) is 0 Å². The Bertz CT molecular complexity index is 566. The maximum Gasteiger partial charge on any atom is 0.253 e. The van der Waals surface area contributed by atoms with Crippen LogP contribution in [-0.2, 0) is 0 Å². The highest BCUT2D eigenvalue weighted by Crippen LogP contribution is 2.30. The SMILES string of the molecule is Cc1cccc(C(=O)NC2(/C(N)=N/O)CCCCC2)c1Br. The summed E-state index contributed by atoms with van der Waals surface area (Å²) in [7, 11) is 0. The number of nitrogens with two attached hydrogens (primary N) is 1. The van der Waals surface area contributed by atoms with Crippen molar-refractivity contribution in [2.75, 3.05) is 0 Å². The van der Waals surface area contributed by atoms with Crippen molar-refractivity contribution < 1.29 is 10.0 Å². The van der Waals surface area contributed by atoms with Crippen LogP contribution < -0.4 is 11.1 Å². The third kappa shape index (κ3) is 3.20. The Morgan fingerprint density at radius 2 is 2.05 bits per heavy atom. The number of amides is 1. The number of aryl methyl sites for hydroxylation is 1. The second kappa shape index (κ2) is 6.47. The van der Waals surface area contributed by atoms with Crippen LogP contribution in [0.15, 0.2) is 27.8 Å². The molecule has 114 valence electrons. The summed E-state index contributed by atoms with van der Waals surface area (Å²) in [5.41, 5.74) is 6.66. The van der Waals surface area contributed by atoms with E-state index in [1.54, 1.807) is 6.07 Å². The number of nitrogens with one attached hydrogen (secondary N) is 1. The molecule has 4 N–H and O–H groups in total. The summed E-state index contributed by atoms with van der Waals surface area (Å²) in [6, 6.07) is 5.53. The van der Waals surface area contributed by atoms with Crippen molar-refractivity contribution in [2.24, 2.45) is 10.9 Å². The normalized spacial score (nSPS) is 18.3. The van der Waals surface area contributed by atoms with Gasteiger partial charge in [0.1, 0.15) is 5.54 Å². The predicted octanol–water partition coefficient (Wildman–Crippen LogP) is 2.94. The molecule has 1 saturated carbocycles. The highest BCUT2D eigenvalue weighted by Gasteiger charge is 2.38. The van der Waals surface area contributed by atoms with Gasteiger partial charge in [-0.2, -0.15) is 0 Å². The van der Waals surface area contributed by atoms with Crippen LogP contribution in [0.3, 0.4) is 0 Å². The molecule has 6 heteroatoms. The molecule has 0 atom stereocenters. The van der Waals surface area contributed by atoms with E-state index in [1.165, 1.54) is 0 Å². The van der Waals surface area contributed by atoms with Crippen LogP contribution in [0.2, 0.25) is 0 Å². The number of hydrogen-bond acceptors (Lipinski definition) is 3. The number of benzene rings is 1. The molecule has 0 aliphatic heterocycles. The van der Waals surface area contributed by atoms with Crippen LogP contribution in [0.1, 0.15) is 48.0 Å². The topological polar surface area (TPSA) is 87.7 Å². The molecule has 1 aliphatic carbocycles. The van der Waals surface area contributed by atoms with Crippen LogP contribution >= 0.6 is 15.9 Å². The van der Waals surface area contributed by atoms with Gasteiger partial charge < -0.3 is 16.3 Å². The number of rotatable bonds is 3. The van der Waals surface area contributed by atoms with Crippen LogP contribution in [0.4, 0.5) is 0 Å². The monoisotopic (exact) mass is 353 g/mol. The van der Waals surface area contributed by atoms with Gasteiger partial charge in [0.2, 0.25) is 0 Å². The average Bonchev–Trinajstić information content (AvgIpc) is 2.50. The summed E-state index contributed by atoms with van der Waals surface area (Å²) in [6.45, 7) is 1.93. The third-order valence-corrected chi connectivity index (χ3v) is 5.15. The molecular formula is C15H20BrN3O2. The van der Waals surface area contributed by atoms with Crippen LogP contribution in [0, 0.1) is 6.92 Å². The summed E-state index contributed by atoms with van der Waals surface area (Å²) in [5.74, 6) is -0.126. The van der Waals surface area contributed by atoms with E-state index in [0.717, 1.165) is 29.3 Å². The van der Waals surface area contributed by atoms with Crippen molar-refractivity contribution in [3.63, 3.8) is 0 Å². The quantitative estimate of drug-likeness (QED) is 0.338. The first-order valence-corrected chi connectivity index (χ1v) is 7.85. The molecule has 0 aromatic heterocycles. The minimum Gasteiger partial charge on any atom is -0.409 e. The first-order chi connectivity index (χ1) is 10.00. The first-order valence-electron chi connectivity index (χ1n) is 7.06. The molecule has 5 nitrogen and oxygen atoms in total. The molecule has 1 aromatic carbocycles. The highest BCUT2D eigenvalue weighted by molar-refractivity contribution is 9.10. The van der Waals surface area contributed by atoms with E-state index in [1.807, 2.05) is 19.1 Å². The number of carbonyl (C=O) groups excluding carboxylic acids is 1. The Kier molecular flexibility index (Phi) is 4.88. The second-order valence-electron chi connectivity index (χ2n) is 5.52. The van der Waals surface area contributed by atoms with E-state index in [0.29, 0.717) is 18.4 Å². The summed E-state index contributed by atoms with van der Waals surface area (Å²) < 4.78 is 0.771. The molecule has 0 heterocycles. The van der Waals surface area contributed by atoms with Crippen LogP contribution in [0.25, 0.3) is 0 Å². The van der Waals surface area contributed by atoms with Gasteiger partial charge in [0, 0.05) is 4.47 Å². The Hall–Kier alpha value is -1.56. The van der Waals surface area contributed by atoms with Crippen molar-refractivity contribution in [2.45, 2.75) is 44.6 Å². The molecule has 0 unspecified atom stereocenters. The van der Waals surface area contributed by atoms with Gasteiger partial charge in [0.15, 0.2) is 5.84 Å². The van der Waals surface area contributed by atoms with E-state index in [-0.39, 0.29) is 11.7 Å². The number of amidine groups is 1. The minimum atomic E-state index is -0.743. The van der Waals surface area contributed by atoms with Crippen molar-refractivity contribution >= 4 is 27.7 Å². The number of oxime groups is 1. The molecule has 1 aromatic rings. The smallest absolute Gasteiger partial charge is 0.253 e. The average molecular weight is 354 g/mol. The maximum atomic E-state index is 12.6. The van der Waals surface area contributed by atoms with Gasteiger partial charge in [0.25, 0.3) is 5.91 Å². The lowest BCUT2D eigenvalue weighted by Crippen LogP contribution is -2.58. The summed E-state index contributed by atoms with van der Waals surface area (Å²) in [6.07, 6.45) is 4.39. The van der Waals surface area contributed by atoms with Crippen molar-refractivity contribution in [1.29, 1.82) is 0 Å². The van der Waals surface area contributed by atoms with Gasteiger partial charge in [-0.15, -0.1) is 0 Å². The summed E-state index contributed by atoms with van der Waals surface area (Å²) in [4.78, 5) is 12.6. The first kappa shape index (κ1) is 15.8. The summed E-state index contributed by atoms with van der Waals surface area (Å²) in [5, 5.41) is 15.2. The standard InChI is InChI=1S/C15H20BrN3O2/c1-10-6-5-7-11(12(10)16)13(20)18-15(14(17)19-21)8-3-2-4-9-15/h5-7,21H,2-4,8-9H2,1H3,(H2,17,19)(H,18,20). The second-order valence-corrected chi connectivity index (χ2v) is 6.31. The van der Waals surface area contributed by atoms with Gasteiger partial charge in [0.05, 0.1) is 5.56 Å². The Morgan fingerprint density at radius 3 is 2.67 bits per heavy atom. The Labute approximate surface area is 132 Å². The van der Waals surface area contributed by atoms with Gasteiger partial charge in [-0.3, -0.25) is 4.79 Å². The van der Waals surface area contributed by atoms with Gasteiger partial charge in [-0.05, 0) is 47.3 Å². The molecule has 21 heavy (non-hydrogen) atoms. The number of halogens is 1. The Morgan fingerprint density at radius 1 is 1.38 bits per heavy atom. The molecule has 1 aliphatic rings. The Balaban J connectivity index is 2.28. The van der Waals surface area contributed by atoms with E-state index in [2.05, 4.69) is 26.4 Å². The number of carbonyl (C=O) groups is 1. The zero-order chi connectivity index (χ0) is 15.5. The molecule has 0 bridgehead atoms. The van der Waals surface area contributed by atoms with Crippen LogP contribution in [-0.4, -0.2) is 22.5 Å². The van der Waals surface area contributed by atoms with Crippen LogP contribution in [0.5, 0.6) is 0 Å². The highest BCUT2D eigenvalue weighted by atomic mass is 79.9. The molecule has 1 fully saturated rings. The van der Waals surface area contributed by atoms with E-state index < -0.39 is 5.54 Å². The van der Waals surface area contributed by atoms with Gasteiger partial charge in [-0.25, -0.2) is 0 Å². The van der Waals surface area contributed by atoms with E-state index >= 15 is 0 Å². The van der Waals surface area contributed by atoms with Crippen molar-refractivity contribution in [1.82, 2.24) is 5.32 Å². The maximum absolute atomic E-state index is 12.6. The summed E-state index contributed by atoms with van der Waals surface area (Å²) >= 11 is 3.45. The zero-order valence-electron chi connectivity index (χ0n) is 12.0. The largest absolute Gasteiger partial charge is 0.409 e. The molecule has 0 spiro atoms. The lowest BCUT2D eigenvalue weighted by atomic mass is 9.80. The van der Waals surface area contributed by atoms with E-state index in [9.17, 15) is 4.79 Å². The predicted molar refractivity (Wildman–Crippen MR) is 85.6 cm³/mol. The van der Waals surface area contributed by atoms with Gasteiger partial charge >= 0.3 is 0 Å². The zero-order valence-corrected chi connectivity index (χ0v) is 13.6. The molecule has 1 amide bonds. The fourth-order valence-electron chi connectivity index (χ4n) is 2.80. The number of hydrogen-bond donors (Lipinski definition) is 3.